The Kier molecular flexibility index (Phi) is 3.41. The van der Waals surface area contributed by atoms with Gasteiger partial charge in [0.25, 0.3) is 0 Å². The zero-order valence-electron chi connectivity index (χ0n) is 9.76. The Labute approximate surface area is 99.7 Å². The molecule has 0 saturated heterocycles. The zero-order chi connectivity index (χ0) is 12.3. The van der Waals surface area contributed by atoms with Crippen LogP contribution in [0.3, 0.4) is 0 Å². The molecular formula is C11H16N4O2. The monoisotopic (exact) mass is 236 g/mol. The quantitative estimate of drug-likeness (QED) is 0.793. The third kappa shape index (κ3) is 2.83. The maximum Gasteiger partial charge on any atom is 0.322 e. The Bertz CT molecular complexity index is 406. The minimum atomic E-state index is -0.905. The first-order valence-electron chi connectivity index (χ1n) is 5.67. The van der Waals surface area contributed by atoms with E-state index in [1.54, 1.807) is 6.07 Å². The molecule has 0 radical (unpaired) electrons. The van der Waals surface area contributed by atoms with Crippen molar-refractivity contribution in [1.29, 1.82) is 0 Å². The lowest BCUT2D eigenvalue weighted by molar-refractivity contribution is -0.134. The van der Waals surface area contributed by atoms with Crippen molar-refractivity contribution in [2.45, 2.75) is 25.3 Å². The lowest BCUT2D eigenvalue weighted by atomic mass is 9.92. The molecule has 0 aromatic carbocycles. The summed E-state index contributed by atoms with van der Waals surface area (Å²) in [5, 5.41) is 11.3. The third-order valence-corrected chi connectivity index (χ3v) is 3.06. The molecule has 2 N–H and O–H groups in total. The molecule has 6 nitrogen and oxygen atoms in total. The predicted molar refractivity (Wildman–Crippen MR) is 64.2 cm³/mol. The van der Waals surface area contributed by atoms with Crippen molar-refractivity contribution in [1.82, 2.24) is 9.97 Å². The highest BCUT2D eigenvalue weighted by Crippen LogP contribution is 2.27. The molecule has 0 spiro atoms. The molecular weight excluding hydrogens is 220 g/mol. The largest absolute Gasteiger partial charge is 0.480 e. The van der Waals surface area contributed by atoms with Crippen LogP contribution in [-0.2, 0) is 4.79 Å². The second-order valence-corrected chi connectivity index (χ2v) is 4.20. The van der Waals surface area contributed by atoms with Crippen molar-refractivity contribution in [3.63, 3.8) is 0 Å². The molecule has 0 bridgehead atoms. The van der Waals surface area contributed by atoms with Gasteiger partial charge in [0.1, 0.15) is 24.5 Å². The van der Waals surface area contributed by atoms with E-state index in [-0.39, 0.29) is 6.54 Å². The Morgan fingerprint density at radius 3 is 2.94 bits per heavy atom. The zero-order valence-corrected chi connectivity index (χ0v) is 9.76. The lowest BCUT2D eigenvalue weighted by Gasteiger charge is -2.35. The fourth-order valence-corrected chi connectivity index (χ4v) is 1.76. The number of rotatable bonds is 5. The van der Waals surface area contributed by atoms with Crippen molar-refractivity contribution in [3.05, 3.63) is 12.4 Å². The van der Waals surface area contributed by atoms with E-state index in [9.17, 15) is 4.79 Å². The molecule has 1 fully saturated rings. The number of carboxylic acid groups (broad SMARTS) is 1. The summed E-state index contributed by atoms with van der Waals surface area (Å²) in [4.78, 5) is 20.7. The number of nitrogens with one attached hydrogen (secondary N) is 1. The topological polar surface area (TPSA) is 78.4 Å². The van der Waals surface area contributed by atoms with Crippen molar-refractivity contribution in [2.24, 2.45) is 0 Å². The summed E-state index contributed by atoms with van der Waals surface area (Å²) < 4.78 is 0. The highest BCUT2D eigenvalue weighted by atomic mass is 16.4. The summed E-state index contributed by atoms with van der Waals surface area (Å²) in [6, 6.07) is 2.33. The summed E-state index contributed by atoms with van der Waals surface area (Å²) in [6.45, 7) is -0.135. The number of anilines is 2. The maximum absolute atomic E-state index is 10.4. The van der Waals surface area contributed by atoms with Gasteiger partial charge in [0.05, 0.1) is 0 Å². The number of aromatic nitrogens is 2. The van der Waals surface area contributed by atoms with E-state index in [1.807, 2.05) is 7.05 Å². The Hall–Kier alpha value is -1.85. The normalized spacial score (nSPS) is 15.1. The molecule has 2 rings (SSSR count). The van der Waals surface area contributed by atoms with Gasteiger partial charge in [0.2, 0.25) is 0 Å². The van der Waals surface area contributed by atoms with Crippen LogP contribution in [-0.4, -0.2) is 40.7 Å². The fraction of sp³-hybridized carbons (Fsp3) is 0.545. The number of nitrogens with zero attached hydrogens (tertiary/aromatic N) is 3. The van der Waals surface area contributed by atoms with E-state index in [0.29, 0.717) is 11.9 Å². The summed E-state index contributed by atoms with van der Waals surface area (Å²) in [7, 11) is 2.01. The standard InChI is InChI=1S/C11H16N4O2/c1-15(8-3-2-4-8)10-5-9(13-7-14-10)12-6-11(16)17/h5,7-8H,2-4,6H2,1H3,(H,16,17)(H,12,13,14). The lowest BCUT2D eigenvalue weighted by Crippen LogP contribution is -2.37. The van der Waals surface area contributed by atoms with E-state index < -0.39 is 5.97 Å². The van der Waals surface area contributed by atoms with Crippen LogP contribution in [0.1, 0.15) is 19.3 Å². The van der Waals surface area contributed by atoms with Crippen molar-refractivity contribution < 1.29 is 9.90 Å². The minimum absolute atomic E-state index is 0.135. The van der Waals surface area contributed by atoms with Gasteiger partial charge in [-0.05, 0) is 19.3 Å². The van der Waals surface area contributed by atoms with Gasteiger partial charge in [0, 0.05) is 19.2 Å². The van der Waals surface area contributed by atoms with Crippen LogP contribution in [0.25, 0.3) is 0 Å². The van der Waals surface area contributed by atoms with Gasteiger partial charge in [-0.1, -0.05) is 0 Å². The van der Waals surface area contributed by atoms with Gasteiger partial charge in [-0.25, -0.2) is 9.97 Å². The van der Waals surface area contributed by atoms with Gasteiger partial charge in [-0.3, -0.25) is 4.79 Å². The van der Waals surface area contributed by atoms with E-state index in [1.165, 1.54) is 25.6 Å². The summed E-state index contributed by atoms with van der Waals surface area (Å²) in [5.74, 6) is 0.471. The van der Waals surface area contributed by atoms with Gasteiger partial charge in [0.15, 0.2) is 0 Å². The minimum Gasteiger partial charge on any atom is -0.480 e. The molecule has 0 atom stereocenters. The predicted octanol–water partition coefficient (Wildman–Crippen LogP) is 0.962. The van der Waals surface area contributed by atoms with Crippen molar-refractivity contribution in [3.8, 4) is 0 Å². The molecule has 1 saturated carbocycles. The van der Waals surface area contributed by atoms with Gasteiger partial charge < -0.3 is 15.3 Å². The number of carboxylic acids is 1. The van der Waals surface area contributed by atoms with E-state index in [2.05, 4.69) is 20.2 Å². The Morgan fingerprint density at radius 2 is 2.35 bits per heavy atom. The highest BCUT2D eigenvalue weighted by Gasteiger charge is 2.23. The fourth-order valence-electron chi connectivity index (χ4n) is 1.76. The molecule has 6 heteroatoms. The van der Waals surface area contributed by atoms with Gasteiger partial charge in [-0.15, -0.1) is 0 Å². The molecule has 92 valence electrons. The van der Waals surface area contributed by atoms with Gasteiger partial charge >= 0.3 is 5.97 Å². The smallest absolute Gasteiger partial charge is 0.322 e. The van der Waals surface area contributed by atoms with Crippen LogP contribution in [0, 0.1) is 0 Å². The van der Waals surface area contributed by atoms with Crippen LogP contribution < -0.4 is 10.2 Å². The first-order chi connectivity index (χ1) is 8.16. The summed E-state index contributed by atoms with van der Waals surface area (Å²) in [5.41, 5.74) is 0. The first-order valence-corrected chi connectivity index (χ1v) is 5.67. The first kappa shape index (κ1) is 11.6. The van der Waals surface area contributed by atoms with Gasteiger partial charge in [-0.2, -0.15) is 0 Å². The second-order valence-electron chi connectivity index (χ2n) is 4.20. The van der Waals surface area contributed by atoms with Crippen LogP contribution in [0.4, 0.5) is 11.6 Å². The summed E-state index contributed by atoms with van der Waals surface area (Å²) >= 11 is 0. The van der Waals surface area contributed by atoms with Crippen LogP contribution in [0.5, 0.6) is 0 Å². The molecule has 17 heavy (non-hydrogen) atoms. The Morgan fingerprint density at radius 1 is 1.59 bits per heavy atom. The van der Waals surface area contributed by atoms with Crippen LogP contribution in [0.15, 0.2) is 12.4 Å². The van der Waals surface area contributed by atoms with E-state index in [0.717, 1.165) is 5.82 Å². The molecule has 0 aliphatic heterocycles. The summed E-state index contributed by atoms with van der Waals surface area (Å²) in [6.07, 6.45) is 5.11. The van der Waals surface area contributed by atoms with Crippen LogP contribution >= 0.6 is 0 Å². The van der Waals surface area contributed by atoms with E-state index >= 15 is 0 Å². The molecule has 0 unspecified atom stereocenters. The maximum atomic E-state index is 10.4. The molecule has 1 aliphatic carbocycles. The van der Waals surface area contributed by atoms with Crippen molar-refractivity contribution in [2.75, 3.05) is 23.8 Å². The Balaban J connectivity index is 2.02. The molecule has 1 heterocycles. The molecule has 0 amide bonds. The number of hydrogen-bond donors (Lipinski definition) is 2. The SMILES string of the molecule is CN(c1cc(NCC(=O)O)ncn1)C1CCC1. The highest BCUT2D eigenvalue weighted by molar-refractivity contribution is 5.72. The molecule has 1 aromatic heterocycles. The van der Waals surface area contributed by atoms with Crippen LogP contribution in [0.2, 0.25) is 0 Å². The third-order valence-electron chi connectivity index (χ3n) is 3.06. The average molecular weight is 236 g/mol. The number of carbonyl (C=O) groups is 1. The molecule has 1 aromatic rings. The molecule has 1 aliphatic rings. The van der Waals surface area contributed by atoms with Crippen molar-refractivity contribution >= 4 is 17.6 Å². The average Bonchev–Trinajstić information content (AvgIpc) is 2.24. The number of aliphatic carboxylic acids is 1. The van der Waals surface area contributed by atoms with E-state index in [4.69, 9.17) is 5.11 Å². The second kappa shape index (κ2) is 4.99. The number of hydrogen-bond acceptors (Lipinski definition) is 5.